The van der Waals surface area contributed by atoms with E-state index >= 15 is 0 Å². The standard InChI is InChI=1S/C30H32O2.C9H7N/c1-19-11-12-21(17-20(19)2)13-14-22-7-5-8-24-23(22)15-16-25-26-9-6-10-28(31-3)30(26)29(32-4)18-27(24)25;1-2-4-9-7-10-6-5-8(9)3-1/h6,9-12,15-18,22H,5,7-8,13-14H2,1-4H3;1-7H/t22-;/m0./s1. The van der Waals surface area contributed by atoms with Crippen LogP contribution in [0, 0.1) is 13.8 Å². The molecule has 0 fully saturated rings. The van der Waals surface area contributed by atoms with E-state index < -0.39 is 0 Å². The topological polar surface area (TPSA) is 31.4 Å². The van der Waals surface area contributed by atoms with Crippen molar-refractivity contribution in [3.05, 3.63) is 125 Å². The highest BCUT2D eigenvalue weighted by Gasteiger charge is 2.23. The van der Waals surface area contributed by atoms with Gasteiger partial charge in [-0.2, -0.15) is 0 Å². The lowest BCUT2D eigenvalue weighted by Crippen LogP contribution is -2.11. The Balaban J connectivity index is 0.000000265. The number of methoxy groups -OCH3 is 2. The fourth-order valence-electron chi connectivity index (χ4n) is 6.59. The molecule has 0 amide bonds. The molecule has 1 atom stereocenters. The lowest BCUT2D eigenvalue weighted by atomic mass is 9.77. The largest absolute Gasteiger partial charge is 0.496 e. The van der Waals surface area contributed by atoms with E-state index in [9.17, 15) is 0 Å². The van der Waals surface area contributed by atoms with Gasteiger partial charge in [0.15, 0.2) is 0 Å². The summed E-state index contributed by atoms with van der Waals surface area (Å²) < 4.78 is 11.5. The highest BCUT2D eigenvalue weighted by molar-refractivity contribution is 6.13. The van der Waals surface area contributed by atoms with Crippen molar-refractivity contribution >= 4 is 32.3 Å². The summed E-state index contributed by atoms with van der Waals surface area (Å²) in [6.45, 7) is 4.41. The zero-order chi connectivity index (χ0) is 29.1. The summed E-state index contributed by atoms with van der Waals surface area (Å²) in [7, 11) is 3.49. The van der Waals surface area contributed by atoms with Crippen molar-refractivity contribution in [2.75, 3.05) is 14.2 Å². The monoisotopic (exact) mass is 553 g/mol. The van der Waals surface area contributed by atoms with E-state index in [1.54, 1.807) is 14.2 Å². The Kier molecular flexibility index (Phi) is 8.10. The molecule has 7 rings (SSSR count). The number of ether oxygens (including phenoxy) is 2. The van der Waals surface area contributed by atoms with Gasteiger partial charge in [-0.1, -0.05) is 66.7 Å². The van der Waals surface area contributed by atoms with Crippen molar-refractivity contribution in [3.63, 3.8) is 0 Å². The average molecular weight is 554 g/mol. The molecule has 0 N–H and O–H groups in total. The lowest BCUT2D eigenvalue weighted by molar-refractivity contribution is 0.405. The number of fused-ring (bicyclic) bond motifs is 6. The molecule has 1 aliphatic carbocycles. The fourth-order valence-corrected chi connectivity index (χ4v) is 6.59. The molecule has 3 nitrogen and oxygen atoms in total. The number of rotatable bonds is 5. The zero-order valence-electron chi connectivity index (χ0n) is 25.1. The van der Waals surface area contributed by atoms with E-state index in [1.807, 2.05) is 36.7 Å². The quantitative estimate of drug-likeness (QED) is 0.199. The van der Waals surface area contributed by atoms with Gasteiger partial charge in [-0.05, 0) is 125 Å². The van der Waals surface area contributed by atoms with Gasteiger partial charge in [0.2, 0.25) is 0 Å². The molecule has 42 heavy (non-hydrogen) atoms. The minimum atomic E-state index is 0.622. The Morgan fingerprint density at radius 2 is 1.57 bits per heavy atom. The van der Waals surface area contributed by atoms with Crippen LogP contribution in [-0.2, 0) is 12.8 Å². The second-order valence-electron chi connectivity index (χ2n) is 11.5. The Morgan fingerprint density at radius 3 is 2.36 bits per heavy atom. The summed E-state index contributed by atoms with van der Waals surface area (Å²) in [6.07, 6.45) is 9.70. The minimum Gasteiger partial charge on any atom is -0.496 e. The molecule has 0 spiro atoms. The van der Waals surface area contributed by atoms with Crippen LogP contribution in [-0.4, -0.2) is 19.2 Å². The van der Waals surface area contributed by atoms with Gasteiger partial charge in [-0.15, -0.1) is 0 Å². The van der Waals surface area contributed by atoms with Crippen LogP contribution in [0.4, 0.5) is 0 Å². The molecule has 5 aromatic carbocycles. The highest BCUT2D eigenvalue weighted by Crippen LogP contribution is 2.44. The smallest absolute Gasteiger partial charge is 0.131 e. The summed E-state index contributed by atoms with van der Waals surface area (Å²) in [5.74, 6) is 2.39. The van der Waals surface area contributed by atoms with Gasteiger partial charge in [0.05, 0.1) is 19.6 Å². The first-order valence-electron chi connectivity index (χ1n) is 15.0. The van der Waals surface area contributed by atoms with E-state index in [0.29, 0.717) is 5.92 Å². The van der Waals surface area contributed by atoms with Crippen molar-refractivity contribution in [1.82, 2.24) is 4.98 Å². The maximum absolute atomic E-state index is 5.84. The van der Waals surface area contributed by atoms with Crippen molar-refractivity contribution in [2.24, 2.45) is 0 Å². The van der Waals surface area contributed by atoms with Gasteiger partial charge in [-0.25, -0.2) is 0 Å². The Labute approximate surface area is 249 Å². The molecule has 6 aromatic rings. The molecule has 0 radical (unpaired) electrons. The van der Waals surface area contributed by atoms with Crippen LogP contribution in [0.15, 0.2) is 97.3 Å². The van der Waals surface area contributed by atoms with Gasteiger partial charge in [0, 0.05) is 12.4 Å². The SMILES string of the molecule is COc1cccc2c1c(OC)cc1c3c(ccc12)[C@H](CCc1ccc(C)c(C)c1)CCC3.c1ccc2cnccc2c1. The Hall–Kier alpha value is -4.37. The Morgan fingerprint density at radius 1 is 0.738 bits per heavy atom. The summed E-state index contributed by atoms with van der Waals surface area (Å²) >= 11 is 0. The molecule has 1 aromatic heterocycles. The maximum Gasteiger partial charge on any atom is 0.131 e. The summed E-state index contributed by atoms with van der Waals surface area (Å²) in [5, 5.41) is 7.36. The third-order valence-corrected chi connectivity index (χ3v) is 8.99. The number of hydrogen-bond acceptors (Lipinski definition) is 3. The second kappa shape index (κ2) is 12.2. The molecular formula is C39H39NO2. The third-order valence-electron chi connectivity index (χ3n) is 8.99. The lowest BCUT2D eigenvalue weighted by Gasteiger charge is -2.27. The van der Waals surface area contributed by atoms with Crippen LogP contribution in [0.2, 0.25) is 0 Å². The number of nitrogens with zero attached hydrogens (tertiary/aromatic N) is 1. The first-order valence-corrected chi connectivity index (χ1v) is 15.0. The predicted octanol–water partition coefficient (Wildman–Crippen LogP) is 9.91. The van der Waals surface area contributed by atoms with E-state index in [-0.39, 0.29) is 0 Å². The van der Waals surface area contributed by atoms with E-state index in [2.05, 4.69) is 79.5 Å². The number of pyridine rings is 1. The van der Waals surface area contributed by atoms with Crippen LogP contribution in [0.5, 0.6) is 11.5 Å². The highest BCUT2D eigenvalue weighted by atomic mass is 16.5. The first kappa shape index (κ1) is 27.8. The van der Waals surface area contributed by atoms with Crippen molar-refractivity contribution in [1.29, 1.82) is 0 Å². The van der Waals surface area contributed by atoms with Crippen molar-refractivity contribution < 1.29 is 9.47 Å². The van der Waals surface area contributed by atoms with E-state index in [1.165, 1.54) is 74.0 Å². The molecule has 0 bridgehead atoms. The number of aryl methyl sites for hydroxylation is 4. The normalized spacial score (nSPS) is 14.3. The molecule has 0 saturated carbocycles. The molecular weight excluding hydrogens is 514 g/mol. The zero-order valence-corrected chi connectivity index (χ0v) is 25.1. The molecule has 0 saturated heterocycles. The van der Waals surface area contributed by atoms with Crippen LogP contribution in [0.1, 0.15) is 53.0 Å². The molecule has 212 valence electrons. The predicted molar refractivity (Wildman–Crippen MR) is 176 cm³/mol. The summed E-state index contributed by atoms with van der Waals surface area (Å²) in [4.78, 5) is 4.01. The van der Waals surface area contributed by atoms with E-state index in [4.69, 9.17) is 9.47 Å². The molecule has 0 aliphatic heterocycles. The average Bonchev–Trinajstić information content (AvgIpc) is 3.04. The number of aromatic nitrogens is 1. The van der Waals surface area contributed by atoms with Crippen LogP contribution in [0.3, 0.4) is 0 Å². The third kappa shape index (κ3) is 5.44. The molecule has 1 aliphatic rings. The van der Waals surface area contributed by atoms with Crippen molar-refractivity contribution in [3.8, 4) is 11.5 Å². The van der Waals surface area contributed by atoms with Crippen LogP contribution < -0.4 is 9.47 Å². The first-order chi connectivity index (χ1) is 20.6. The summed E-state index contributed by atoms with van der Waals surface area (Å²) in [6, 6.07) is 30.4. The van der Waals surface area contributed by atoms with Gasteiger partial charge in [0.25, 0.3) is 0 Å². The summed E-state index contributed by atoms with van der Waals surface area (Å²) in [5.41, 5.74) is 7.28. The number of benzene rings is 5. The maximum atomic E-state index is 5.84. The van der Waals surface area contributed by atoms with Crippen LogP contribution >= 0.6 is 0 Å². The van der Waals surface area contributed by atoms with Crippen molar-refractivity contribution in [2.45, 2.75) is 51.9 Å². The van der Waals surface area contributed by atoms with Gasteiger partial charge >= 0.3 is 0 Å². The molecule has 0 unspecified atom stereocenters. The van der Waals surface area contributed by atoms with Gasteiger partial charge in [0.1, 0.15) is 11.5 Å². The van der Waals surface area contributed by atoms with Gasteiger partial charge < -0.3 is 9.47 Å². The second-order valence-corrected chi connectivity index (χ2v) is 11.5. The molecule has 1 heterocycles. The Bertz CT molecular complexity index is 1810. The van der Waals surface area contributed by atoms with Crippen LogP contribution in [0.25, 0.3) is 32.3 Å². The van der Waals surface area contributed by atoms with E-state index in [0.717, 1.165) is 29.7 Å². The number of hydrogen-bond donors (Lipinski definition) is 0. The molecule has 3 heteroatoms. The fraction of sp³-hybridized carbons (Fsp3) is 0.256. The minimum absolute atomic E-state index is 0.622. The van der Waals surface area contributed by atoms with Gasteiger partial charge in [-0.3, -0.25) is 4.98 Å².